The first-order valence-corrected chi connectivity index (χ1v) is 2.15. The molecule has 0 saturated carbocycles. The van der Waals surface area contributed by atoms with E-state index in [2.05, 4.69) is 23.1 Å². The Balaban J connectivity index is 0. The molecule has 0 aromatic heterocycles. The maximum Gasteiger partial charge on any atom is -0.0321 e. The van der Waals surface area contributed by atoms with Crippen LogP contribution in [0, 0.1) is 0 Å². The van der Waals surface area contributed by atoms with Gasteiger partial charge in [-0.3, -0.25) is 0 Å². The maximum atomic E-state index is 2.66. The number of hydrogen-bond acceptors (Lipinski definition) is 1. The summed E-state index contributed by atoms with van der Waals surface area (Å²) < 4.78 is 0. The molecule has 5 heavy (non-hydrogen) atoms. The van der Waals surface area contributed by atoms with Crippen LogP contribution in [0.25, 0.3) is 0 Å². The molecule has 0 aliphatic carbocycles. The van der Waals surface area contributed by atoms with Gasteiger partial charge in [0.05, 0.1) is 0 Å². The van der Waals surface area contributed by atoms with Crippen LogP contribution in [0.1, 0.15) is 13.8 Å². The Hall–Kier alpha value is 0.390. The van der Waals surface area contributed by atoms with E-state index in [0.717, 1.165) is 5.66 Å². The van der Waals surface area contributed by atoms with Crippen LogP contribution in [-0.2, 0) is 0 Å². The van der Waals surface area contributed by atoms with Gasteiger partial charge in [0, 0.05) is 0 Å². The van der Waals surface area contributed by atoms with Gasteiger partial charge in [0.1, 0.15) is 0 Å². The fourth-order valence-corrected chi connectivity index (χ4v) is 0. The Morgan fingerprint density at radius 2 is 1.40 bits per heavy atom. The number of rotatable bonds is 0. The van der Waals surface area contributed by atoms with Crippen LogP contribution in [-0.4, -0.2) is 5.66 Å². The van der Waals surface area contributed by atoms with Crippen LogP contribution in [0.4, 0.5) is 0 Å². The third-order valence-electron chi connectivity index (χ3n) is 0. The molecule has 0 aromatic rings. The van der Waals surface area contributed by atoms with Gasteiger partial charge in [-0.1, -0.05) is 13.8 Å². The summed E-state index contributed by atoms with van der Waals surface area (Å²) in [5, 5.41) is 0. The average Bonchev–Trinajstić information content (AvgIpc) is 0.811. The van der Waals surface area contributed by atoms with Crippen molar-refractivity contribution >= 4 is 9.24 Å². The van der Waals surface area contributed by atoms with Crippen molar-refractivity contribution in [2.45, 2.75) is 19.5 Å². The van der Waals surface area contributed by atoms with E-state index < -0.39 is 0 Å². The molecule has 0 fully saturated rings. The van der Waals surface area contributed by atoms with Gasteiger partial charge < -0.3 is 6.15 Å². The summed E-state index contributed by atoms with van der Waals surface area (Å²) in [6, 6.07) is 0. The second-order valence-electron chi connectivity index (χ2n) is 1.24. The van der Waals surface area contributed by atoms with E-state index in [-0.39, 0.29) is 6.15 Å². The van der Waals surface area contributed by atoms with Gasteiger partial charge in [0.15, 0.2) is 0 Å². The Labute approximate surface area is 35.9 Å². The van der Waals surface area contributed by atoms with Crippen molar-refractivity contribution < 1.29 is 0 Å². The lowest BCUT2D eigenvalue weighted by Gasteiger charge is -1.79. The van der Waals surface area contributed by atoms with Crippen molar-refractivity contribution in [1.29, 1.82) is 0 Å². The molecule has 0 saturated heterocycles. The first-order valence-electron chi connectivity index (χ1n) is 1.49. The van der Waals surface area contributed by atoms with E-state index >= 15 is 0 Å². The Morgan fingerprint density at radius 3 is 1.40 bits per heavy atom. The third-order valence-corrected chi connectivity index (χ3v) is 0. The van der Waals surface area contributed by atoms with Crippen LogP contribution in [0.5, 0.6) is 0 Å². The highest BCUT2D eigenvalue weighted by molar-refractivity contribution is 7.17. The summed E-state index contributed by atoms with van der Waals surface area (Å²) in [5.41, 5.74) is 0.750. The molecule has 0 spiro atoms. The molecule has 0 heterocycles. The van der Waals surface area contributed by atoms with Gasteiger partial charge in [-0.15, -0.1) is 9.24 Å². The van der Waals surface area contributed by atoms with Crippen LogP contribution in [0.2, 0.25) is 0 Å². The molecular formula is C3H12NP. The van der Waals surface area contributed by atoms with Crippen molar-refractivity contribution in [3.05, 3.63) is 0 Å². The summed E-state index contributed by atoms with van der Waals surface area (Å²) in [6.07, 6.45) is 0. The molecule has 0 aromatic carbocycles. The largest absolute Gasteiger partial charge is 0.344 e. The normalized spacial score (nSPS) is 7.20. The zero-order chi connectivity index (χ0) is 3.58. The lowest BCUT2D eigenvalue weighted by atomic mass is 10.6. The summed E-state index contributed by atoms with van der Waals surface area (Å²) in [6.45, 7) is 4.26. The molecular weight excluding hydrogens is 81.0 g/mol. The van der Waals surface area contributed by atoms with Crippen molar-refractivity contribution in [3.8, 4) is 0 Å². The molecule has 3 N–H and O–H groups in total. The third kappa shape index (κ3) is 165. The first-order chi connectivity index (χ1) is 1.73. The Morgan fingerprint density at radius 1 is 1.40 bits per heavy atom. The second-order valence-corrected chi connectivity index (χ2v) is 2.58. The predicted molar refractivity (Wildman–Crippen MR) is 29.9 cm³/mol. The highest BCUT2D eigenvalue weighted by atomic mass is 31.0. The van der Waals surface area contributed by atoms with E-state index in [4.69, 9.17) is 0 Å². The average molecular weight is 93.1 g/mol. The first kappa shape index (κ1) is 9.04. The minimum Gasteiger partial charge on any atom is -0.344 e. The van der Waals surface area contributed by atoms with Crippen molar-refractivity contribution in [2.75, 3.05) is 0 Å². The van der Waals surface area contributed by atoms with Gasteiger partial charge in [-0.05, 0) is 5.66 Å². The van der Waals surface area contributed by atoms with Crippen LogP contribution < -0.4 is 6.15 Å². The van der Waals surface area contributed by atoms with E-state index in [0.29, 0.717) is 0 Å². The minimum absolute atomic E-state index is 0. The summed E-state index contributed by atoms with van der Waals surface area (Å²) >= 11 is 0. The minimum atomic E-state index is 0. The zero-order valence-corrected chi connectivity index (χ0v) is 5.02. The maximum absolute atomic E-state index is 2.66. The quantitative estimate of drug-likeness (QED) is 0.452. The van der Waals surface area contributed by atoms with E-state index in [9.17, 15) is 0 Å². The highest BCUT2D eigenvalue weighted by Gasteiger charge is 1.68. The highest BCUT2D eigenvalue weighted by Crippen LogP contribution is 1.90. The molecule has 1 unspecified atom stereocenters. The summed E-state index contributed by atoms with van der Waals surface area (Å²) in [5.74, 6) is 0. The topological polar surface area (TPSA) is 35.0 Å². The molecule has 0 bridgehead atoms. The second kappa shape index (κ2) is 4.39. The molecule has 34 valence electrons. The molecule has 1 nitrogen and oxygen atoms in total. The smallest absolute Gasteiger partial charge is 0.0321 e. The number of hydrogen-bond donors (Lipinski definition) is 1. The van der Waals surface area contributed by atoms with Crippen molar-refractivity contribution in [1.82, 2.24) is 6.15 Å². The molecule has 2 heteroatoms. The van der Waals surface area contributed by atoms with Crippen LogP contribution >= 0.6 is 9.24 Å². The lowest BCUT2D eigenvalue weighted by molar-refractivity contribution is 1.12. The Kier molecular flexibility index (Phi) is 7.94. The standard InChI is InChI=1S/C3H9P.H3N/c1-3(2)4;/h3H,4H2,1-2H3;1H3. The summed E-state index contributed by atoms with van der Waals surface area (Å²) in [4.78, 5) is 0. The van der Waals surface area contributed by atoms with E-state index in [1.807, 2.05) is 0 Å². The van der Waals surface area contributed by atoms with E-state index in [1.165, 1.54) is 0 Å². The monoisotopic (exact) mass is 93.1 g/mol. The molecule has 0 aliphatic rings. The molecule has 0 amide bonds. The van der Waals surface area contributed by atoms with Gasteiger partial charge in [0.25, 0.3) is 0 Å². The lowest BCUT2D eigenvalue weighted by Crippen LogP contribution is -1.69. The van der Waals surface area contributed by atoms with Crippen molar-refractivity contribution in [2.24, 2.45) is 0 Å². The van der Waals surface area contributed by atoms with Crippen LogP contribution in [0.3, 0.4) is 0 Å². The van der Waals surface area contributed by atoms with Gasteiger partial charge in [-0.25, -0.2) is 0 Å². The molecule has 1 atom stereocenters. The van der Waals surface area contributed by atoms with Gasteiger partial charge in [-0.2, -0.15) is 0 Å². The molecule has 0 radical (unpaired) electrons. The fourth-order valence-electron chi connectivity index (χ4n) is 0. The van der Waals surface area contributed by atoms with E-state index in [1.54, 1.807) is 0 Å². The predicted octanol–water partition coefficient (Wildman–Crippen LogP) is 1.43. The zero-order valence-electron chi connectivity index (χ0n) is 3.86. The molecule has 0 rings (SSSR count). The summed E-state index contributed by atoms with van der Waals surface area (Å²) in [7, 11) is 2.66. The van der Waals surface area contributed by atoms with Crippen molar-refractivity contribution in [3.63, 3.8) is 0 Å². The SMILES string of the molecule is CC(C)P.N. The fraction of sp³-hybridized carbons (Fsp3) is 1.00. The van der Waals surface area contributed by atoms with Crippen LogP contribution in [0.15, 0.2) is 0 Å². The molecule has 0 aliphatic heterocycles. The Bertz CT molecular complexity index is 11.6. The van der Waals surface area contributed by atoms with Gasteiger partial charge >= 0.3 is 0 Å². The van der Waals surface area contributed by atoms with Gasteiger partial charge in [0.2, 0.25) is 0 Å².